The number of hydrogen-bond acceptors (Lipinski definition) is 7. The molecule has 1 saturated heterocycles. The van der Waals surface area contributed by atoms with Gasteiger partial charge in [0.05, 0.1) is 0 Å². The lowest BCUT2D eigenvalue weighted by atomic mass is 9.88. The normalized spacial score (nSPS) is 27.9. The SMILES string of the molecule is CCC1OC(OCCCCC(=O)C(C)(C)C)C(C)C(OC(C)=O)C1OC(C)=O. The number of ketones is 1. The zero-order chi connectivity index (χ0) is 21.5. The molecule has 0 N–H and O–H groups in total. The van der Waals surface area contributed by atoms with Crippen LogP contribution in [0.2, 0.25) is 0 Å². The lowest BCUT2D eigenvalue weighted by Crippen LogP contribution is -2.57. The van der Waals surface area contributed by atoms with Crippen LogP contribution >= 0.6 is 0 Å². The lowest BCUT2D eigenvalue weighted by molar-refractivity contribution is -0.283. The zero-order valence-corrected chi connectivity index (χ0v) is 18.3. The molecular weight excluding hydrogens is 364 g/mol. The van der Waals surface area contributed by atoms with Gasteiger partial charge in [-0.25, -0.2) is 0 Å². The van der Waals surface area contributed by atoms with Gasteiger partial charge in [-0.3, -0.25) is 14.4 Å². The van der Waals surface area contributed by atoms with Crippen LogP contribution in [0.4, 0.5) is 0 Å². The van der Waals surface area contributed by atoms with Gasteiger partial charge in [0.15, 0.2) is 12.4 Å². The number of carbonyl (C=O) groups excluding carboxylic acids is 3. The Kier molecular flexibility index (Phi) is 9.57. The van der Waals surface area contributed by atoms with Crippen LogP contribution in [0.5, 0.6) is 0 Å². The van der Waals surface area contributed by atoms with Crippen molar-refractivity contribution in [2.45, 2.75) is 98.8 Å². The van der Waals surface area contributed by atoms with Crippen LogP contribution in [0, 0.1) is 11.3 Å². The first kappa shape index (κ1) is 24.6. The van der Waals surface area contributed by atoms with E-state index in [9.17, 15) is 14.4 Å². The third-order valence-electron chi connectivity index (χ3n) is 4.87. The van der Waals surface area contributed by atoms with E-state index in [0.29, 0.717) is 19.4 Å². The molecule has 0 aromatic heterocycles. The fourth-order valence-corrected chi connectivity index (χ4v) is 3.22. The first-order chi connectivity index (χ1) is 13.0. The van der Waals surface area contributed by atoms with E-state index < -0.39 is 36.5 Å². The topological polar surface area (TPSA) is 88.1 Å². The minimum atomic E-state index is -0.661. The predicted molar refractivity (Wildman–Crippen MR) is 103 cm³/mol. The maximum absolute atomic E-state index is 12.0. The monoisotopic (exact) mass is 400 g/mol. The average Bonchev–Trinajstić information content (AvgIpc) is 2.57. The van der Waals surface area contributed by atoms with Crippen molar-refractivity contribution in [2.24, 2.45) is 11.3 Å². The van der Waals surface area contributed by atoms with Crippen LogP contribution in [-0.4, -0.2) is 48.9 Å². The number of esters is 2. The fraction of sp³-hybridized carbons (Fsp3) is 0.857. The Morgan fingerprint density at radius 3 is 2.04 bits per heavy atom. The highest BCUT2D eigenvalue weighted by Gasteiger charge is 2.47. The van der Waals surface area contributed by atoms with Gasteiger partial charge in [-0.1, -0.05) is 34.6 Å². The molecule has 0 radical (unpaired) electrons. The molecule has 0 aliphatic carbocycles. The molecular formula is C21H36O7. The summed E-state index contributed by atoms with van der Waals surface area (Å²) in [7, 11) is 0. The highest BCUT2D eigenvalue weighted by atomic mass is 16.7. The molecule has 5 atom stereocenters. The van der Waals surface area contributed by atoms with Crippen molar-refractivity contribution in [1.82, 2.24) is 0 Å². The summed E-state index contributed by atoms with van der Waals surface area (Å²) in [5, 5.41) is 0. The Morgan fingerprint density at radius 2 is 1.54 bits per heavy atom. The standard InChI is InChI=1S/C21H36O7/c1-8-16-19(27-15(4)23)18(26-14(3)22)13(2)20(28-16)25-12-10-9-11-17(24)21(5,6)7/h13,16,18-20H,8-12H2,1-7H3. The number of carbonyl (C=O) groups is 3. The molecule has 1 aliphatic rings. The lowest BCUT2D eigenvalue weighted by Gasteiger charge is -2.44. The molecule has 1 fully saturated rings. The fourth-order valence-electron chi connectivity index (χ4n) is 3.22. The molecule has 28 heavy (non-hydrogen) atoms. The summed E-state index contributed by atoms with van der Waals surface area (Å²) < 4.78 is 22.7. The van der Waals surface area contributed by atoms with Gasteiger partial charge in [0, 0.05) is 38.2 Å². The molecule has 1 rings (SSSR count). The summed E-state index contributed by atoms with van der Waals surface area (Å²) in [6.45, 7) is 12.6. The summed E-state index contributed by atoms with van der Waals surface area (Å²) in [5.41, 5.74) is -0.320. The molecule has 0 amide bonds. The minimum absolute atomic E-state index is 0.236. The second-order valence-electron chi connectivity index (χ2n) is 8.46. The largest absolute Gasteiger partial charge is 0.458 e. The maximum Gasteiger partial charge on any atom is 0.303 e. The van der Waals surface area contributed by atoms with Crippen molar-refractivity contribution in [1.29, 1.82) is 0 Å². The predicted octanol–water partition coefficient (Wildman–Crippen LogP) is 3.42. The third kappa shape index (κ3) is 7.51. The Hall–Kier alpha value is -1.47. The molecule has 162 valence electrons. The number of Topliss-reactive ketones (excluding diaryl/α,β-unsaturated/α-hetero) is 1. The first-order valence-corrected chi connectivity index (χ1v) is 10.1. The van der Waals surface area contributed by atoms with E-state index >= 15 is 0 Å². The molecule has 0 aromatic carbocycles. The van der Waals surface area contributed by atoms with Gasteiger partial charge in [-0.05, 0) is 19.3 Å². The second-order valence-corrected chi connectivity index (χ2v) is 8.46. The minimum Gasteiger partial charge on any atom is -0.458 e. The van der Waals surface area contributed by atoms with E-state index in [4.69, 9.17) is 18.9 Å². The summed E-state index contributed by atoms with van der Waals surface area (Å²) in [6, 6.07) is 0. The zero-order valence-electron chi connectivity index (χ0n) is 18.3. The number of rotatable bonds is 9. The summed E-state index contributed by atoms with van der Waals surface area (Å²) in [4.78, 5) is 35.0. The van der Waals surface area contributed by atoms with Crippen LogP contribution < -0.4 is 0 Å². The van der Waals surface area contributed by atoms with Crippen molar-refractivity contribution >= 4 is 17.7 Å². The Labute approximate surface area is 168 Å². The van der Waals surface area contributed by atoms with Crippen LogP contribution in [0.3, 0.4) is 0 Å². The maximum atomic E-state index is 12.0. The van der Waals surface area contributed by atoms with Gasteiger partial charge in [-0.15, -0.1) is 0 Å². The Morgan fingerprint density at radius 1 is 0.964 bits per heavy atom. The average molecular weight is 401 g/mol. The van der Waals surface area contributed by atoms with E-state index in [1.54, 1.807) is 0 Å². The van der Waals surface area contributed by atoms with Gasteiger partial charge in [0.1, 0.15) is 18.0 Å². The Bertz CT molecular complexity index is 537. The smallest absolute Gasteiger partial charge is 0.303 e. The molecule has 0 aromatic rings. The number of ether oxygens (including phenoxy) is 4. The third-order valence-corrected chi connectivity index (χ3v) is 4.87. The highest BCUT2D eigenvalue weighted by Crippen LogP contribution is 2.32. The molecule has 5 unspecified atom stereocenters. The van der Waals surface area contributed by atoms with Gasteiger partial charge in [0.2, 0.25) is 0 Å². The number of hydrogen-bond donors (Lipinski definition) is 0. The van der Waals surface area contributed by atoms with Crippen LogP contribution in [0.25, 0.3) is 0 Å². The van der Waals surface area contributed by atoms with Gasteiger partial charge < -0.3 is 18.9 Å². The molecule has 7 nitrogen and oxygen atoms in total. The van der Waals surface area contributed by atoms with E-state index in [1.807, 2.05) is 34.6 Å². The number of unbranched alkanes of at least 4 members (excludes halogenated alkanes) is 1. The molecule has 1 aliphatic heterocycles. The van der Waals surface area contributed by atoms with Gasteiger partial charge >= 0.3 is 11.9 Å². The van der Waals surface area contributed by atoms with Gasteiger partial charge in [0.25, 0.3) is 0 Å². The molecule has 1 heterocycles. The second kappa shape index (κ2) is 10.9. The molecule has 0 saturated carbocycles. The summed E-state index contributed by atoms with van der Waals surface area (Å²) >= 11 is 0. The van der Waals surface area contributed by atoms with Crippen molar-refractivity contribution in [2.75, 3.05) is 6.61 Å². The van der Waals surface area contributed by atoms with Crippen molar-refractivity contribution in [3.63, 3.8) is 0 Å². The Balaban J connectivity index is 2.65. The molecule has 0 bridgehead atoms. The quantitative estimate of drug-likeness (QED) is 0.433. The van der Waals surface area contributed by atoms with E-state index in [2.05, 4.69) is 0 Å². The van der Waals surface area contributed by atoms with Crippen molar-refractivity contribution in [3.8, 4) is 0 Å². The van der Waals surface area contributed by atoms with Crippen LogP contribution in [-0.2, 0) is 33.3 Å². The van der Waals surface area contributed by atoms with Crippen LogP contribution in [0.15, 0.2) is 0 Å². The molecule has 0 spiro atoms. The highest BCUT2D eigenvalue weighted by molar-refractivity contribution is 5.83. The first-order valence-electron chi connectivity index (χ1n) is 10.1. The molecule has 7 heteroatoms. The summed E-state index contributed by atoms with van der Waals surface area (Å²) in [5.74, 6) is -0.947. The van der Waals surface area contributed by atoms with Gasteiger partial charge in [-0.2, -0.15) is 0 Å². The summed E-state index contributed by atoms with van der Waals surface area (Å²) in [6.07, 6.45) is 0.308. The van der Waals surface area contributed by atoms with E-state index in [0.717, 1.165) is 12.8 Å². The van der Waals surface area contributed by atoms with E-state index in [1.165, 1.54) is 13.8 Å². The van der Waals surface area contributed by atoms with Crippen molar-refractivity contribution in [3.05, 3.63) is 0 Å². The van der Waals surface area contributed by atoms with Crippen LogP contribution in [0.1, 0.15) is 74.1 Å². The van der Waals surface area contributed by atoms with Crippen molar-refractivity contribution < 1.29 is 33.3 Å². The van der Waals surface area contributed by atoms with E-state index in [-0.39, 0.29) is 17.1 Å².